The number of rotatable bonds is 0. The molecule has 0 aromatic rings. The molecule has 0 radical (unpaired) electrons. The van der Waals surface area contributed by atoms with Crippen LogP contribution in [0.4, 0.5) is 0 Å². The van der Waals surface area contributed by atoms with Gasteiger partial charge in [0.05, 0.1) is 13.2 Å². The zero-order chi connectivity index (χ0) is 8.39. The van der Waals surface area contributed by atoms with Crippen LogP contribution in [0.25, 0.3) is 0 Å². The van der Waals surface area contributed by atoms with Gasteiger partial charge in [-0.15, -0.1) is 0 Å². The second-order valence-electron chi connectivity index (χ2n) is 3.58. The first-order chi connectivity index (χ1) is 5.86. The van der Waals surface area contributed by atoms with E-state index in [1.165, 1.54) is 25.7 Å². The fourth-order valence-corrected chi connectivity index (χ4v) is 2.68. The SMILES string of the molecule is O=S1OCC2CCCCC2CO1. The Balaban J connectivity index is 1.98. The fraction of sp³-hybridized carbons (Fsp3) is 1.00. The van der Waals surface area contributed by atoms with Gasteiger partial charge in [0.25, 0.3) is 0 Å². The molecule has 2 unspecified atom stereocenters. The molecule has 0 aromatic heterocycles. The van der Waals surface area contributed by atoms with Crippen molar-refractivity contribution in [2.75, 3.05) is 13.2 Å². The first kappa shape index (κ1) is 8.66. The van der Waals surface area contributed by atoms with Crippen LogP contribution in [-0.2, 0) is 19.7 Å². The van der Waals surface area contributed by atoms with Crippen LogP contribution in [0.15, 0.2) is 0 Å². The summed E-state index contributed by atoms with van der Waals surface area (Å²) in [5.41, 5.74) is 0. The molecular formula is C8H14O3S. The van der Waals surface area contributed by atoms with Crippen molar-refractivity contribution >= 4 is 11.4 Å². The third kappa shape index (κ3) is 1.87. The van der Waals surface area contributed by atoms with Crippen molar-refractivity contribution in [3.8, 4) is 0 Å². The lowest BCUT2D eigenvalue weighted by Gasteiger charge is -2.27. The molecule has 70 valence electrons. The lowest BCUT2D eigenvalue weighted by atomic mass is 9.80. The van der Waals surface area contributed by atoms with Crippen molar-refractivity contribution in [1.29, 1.82) is 0 Å². The van der Waals surface area contributed by atoms with Gasteiger partial charge in [-0.2, -0.15) is 4.21 Å². The largest absolute Gasteiger partial charge is 0.304 e. The van der Waals surface area contributed by atoms with Crippen molar-refractivity contribution in [1.82, 2.24) is 0 Å². The molecule has 0 bridgehead atoms. The van der Waals surface area contributed by atoms with Gasteiger partial charge in [0.1, 0.15) is 0 Å². The van der Waals surface area contributed by atoms with Crippen molar-refractivity contribution in [2.24, 2.45) is 11.8 Å². The predicted octanol–water partition coefficient (Wildman–Crippen LogP) is 1.42. The predicted molar refractivity (Wildman–Crippen MR) is 45.5 cm³/mol. The fourth-order valence-electron chi connectivity index (χ4n) is 2.04. The third-order valence-corrected chi connectivity index (χ3v) is 3.48. The van der Waals surface area contributed by atoms with E-state index in [4.69, 9.17) is 8.37 Å². The van der Waals surface area contributed by atoms with E-state index in [1.54, 1.807) is 0 Å². The van der Waals surface area contributed by atoms with Crippen molar-refractivity contribution in [3.05, 3.63) is 0 Å². The van der Waals surface area contributed by atoms with Crippen molar-refractivity contribution in [2.45, 2.75) is 25.7 Å². The van der Waals surface area contributed by atoms with Gasteiger partial charge in [0.2, 0.25) is 0 Å². The van der Waals surface area contributed by atoms with Gasteiger partial charge in [0.15, 0.2) is 0 Å². The summed E-state index contributed by atoms with van der Waals surface area (Å²) in [6.07, 6.45) is 5.00. The Bertz CT molecular complexity index is 165. The van der Waals surface area contributed by atoms with E-state index in [-0.39, 0.29) is 0 Å². The Morgan fingerprint density at radius 1 is 1.00 bits per heavy atom. The minimum absolute atomic E-state index is 0.588. The zero-order valence-electron chi connectivity index (χ0n) is 7.03. The van der Waals surface area contributed by atoms with Crippen LogP contribution >= 0.6 is 0 Å². The molecule has 1 saturated carbocycles. The minimum atomic E-state index is -1.47. The first-order valence-electron chi connectivity index (χ1n) is 4.54. The summed E-state index contributed by atoms with van der Waals surface area (Å²) in [6.45, 7) is 1.24. The van der Waals surface area contributed by atoms with Gasteiger partial charge in [-0.25, -0.2) is 0 Å². The van der Waals surface area contributed by atoms with Gasteiger partial charge in [-0.3, -0.25) is 8.37 Å². The van der Waals surface area contributed by atoms with Crippen LogP contribution in [0.3, 0.4) is 0 Å². The van der Waals surface area contributed by atoms with Crippen molar-refractivity contribution < 1.29 is 12.6 Å². The number of hydrogen-bond donors (Lipinski definition) is 0. The summed E-state index contributed by atoms with van der Waals surface area (Å²) in [6, 6.07) is 0. The Morgan fingerprint density at radius 2 is 1.50 bits per heavy atom. The second-order valence-corrected chi connectivity index (χ2v) is 4.46. The van der Waals surface area contributed by atoms with Crippen LogP contribution < -0.4 is 0 Å². The molecule has 2 fully saturated rings. The van der Waals surface area contributed by atoms with Gasteiger partial charge < -0.3 is 0 Å². The standard InChI is InChI=1S/C8H14O3S/c9-12-10-5-7-3-1-2-4-8(7)6-11-12/h7-8H,1-6H2. The average molecular weight is 190 g/mol. The summed E-state index contributed by atoms with van der Waals surface area (Å²) < 4.78 is 20.9. The summed E-state index contributed by atoms with van der Waals surface area (Å²) in [5.74, 6) is 1.18. The highest BCUT2D eigenvalue weighted by atomic mass is 32.2. The Labute approximate surface area is 75.3 Å². The molecule has 1 saturated heterocycles. The molecule has 0 spiro atoms. The van der Waals surface area contributed by atoms with Gasteiger partial charge in [0, 0.05) is 0 Å². The molecule has 0 N–H and O–H groups in total. The molecule has 2 rings (SSSR count). The molecule has 0 aromatic carbocycles. The topological polar surface area (TPSA) is 35.5 Å². The normalized spacial score (nSPS) is 43.2. The summed E-state index contributed by atoms with van der Waals surface area (Å²) >= 11 is -1.47. The summed E-state index contributed by atoms with van der Waals surface area (Å²) in [4.78, 5) is 0. The van der Waals surface area contributed by atoms with E-state index in [0.717, 1.165) is 0 Å². The Kier molecular flexibility index (Phi) is 2.78. The van der Waals surface area contributed by atoms with Crippen LogP contribution in [0, 0.1) is 11.8 Å². The van der Waals surface area contributed by atoms with E-state index in [9.17, 15) is 4.21 Å². The summed E-state index contributed by atoms with van der Waals surface area (Å²) in [7, 11) is 0. The average Bonchev–Trinajstić information content (AvgIpc) is 2.29. The zero-order valence-corrected chi connectivity index (χ0v) is 7.85. The number of hydrogen-bond acceptors (Lipinski definition) is 3. The highest BCUT2D eigenvalue weighted by Gasteiger charge is 2.29. The van der Waals surface area contributed by atoms with Gasteiger partial charge in [-0.1, -0.05) is 12.8 Å². The first-order valence-corrected chi connectivity index (χ1v) is 5.54. The maximum atomic E-state index is 10.9. The van der Waals surface area contributed by atoms with E-state index < -0.39 is 11.4 Å². The van der Waals surface area contributed by atoms with Crippen LogP contribution in [-0.4, -0.2) is 17.4 Å². The van der Waals surface area contributed by atoms with E-state index in [1.807, 2.05) is 0 Å². The molecule has 2 atom stereocenters. The highest BCUT2D eigenvalue weighted by Crippen LogP contribution is 2.32. The van der Waals surface area contributed by atoms with Crippen LogP contribution in [0.5, 0.6) is 0 Å². The molecule has 1 aliphatic heterocycles. The van der Waals surface area contributed by atoms with Gasteiger partial charge >= 0.3 is 11.4 Å². The van der Waals surface area contributed by atoms with E-state index in [0.29, 0.717) is 25.0 Å². The van der Waals surface area contributed by atoms with E-state index >= 15 is 0 Å². The van der Waals surface area contributed by atoms with Crippen LogP contribution in [0.1, 0.15) is 25.7 Å². The minimum Gasteiger partial charge on any atom is -0.268 e. The monoisotopic (exact) mass is 190 g/mol. The maximum absolute atomic E-state index is 10.9. The lowest BCUT2D eigenvalue weighted by molar-refractivity contribution is 0.156. The lowest BCUT2D eigenvalue weighted by Crippen LogP contribution is -2.24. The van der Waals surface area contributed by atoms with E-state index in [2.05, 4.69) is 0 Å². The molecule has 1 heterocycles. The molecule has 12 heavy (non-hydrogen) atoms. The molecule has 1 aliphatic carbocycles. The smallest absolute Gasteiger partial charge is 0.268 e. The Morgan fingerprint density at radius 3 is 2.00 bits per heavy atom. The molecule has 2 aliphatic rings. The molecule has 0 amide bonds. The molecule has 3 nitrogen and oxygen atoms in total. The van der Waals surface area contributed by atoms with Crippen LogP contribution in [0.2, 0.25) is 0 Å². The summed E-state index contributed by atoms with van der Waals surface area (Å²) in [5, 5.41) is 0. The Hall–Kier alpha value is 0.0700. The maximum Gasteiger partial charge on any atom is 0.304 e. The third-order valence-electron chi connectivity index (χ3n) is 2.82. The van der Waals surface area contributed by atoms with Crippen molar-refractivity contribution in [3.63, 3.8) is 0 Å². The quantitative estimate of drug-likeness (QED) is 0.579. The molecular weight excluding hydrogens is 176 g/mol. The second kappa shape index (κ2) is 3.85. The number of fused-ring (bicyclic) bond motifs is 1. The highest BCUT2D eigenvalue weighted by molar-refractivity contribution is 7.75. The molecule has 4 heteroatoms. The van der Waals surface area contributed by atoms with Gasteiger partial charge in [-0.05, 0) is 24.7 Å².